The van der Waals surface area contributed by atoms with Crippen molar-refractivity contribution in [1.29, 1.82) is 0 Å². The van der Waals surface area contributed by atoms with Gasteiger partial charge in [-0.05, 0) is 76.8 Å². The van der Waals surface area contributed by atoms with Gasteiger partial charge in [0.2, 0.25) is 0 Å². The van der Waals surface area contributed by atoms with Crippen LogP contribution in [0, 0.1) is 19.7 Å². The van der Waals surface area contributed by atoms with E-state index in [2.05, 4.69) is 20.1 Å². The molecule has 1 atom stereocenters. The number of aromatic nitrogens is 3. The smallest absolute Gasteiger partial charge is 0.490 e. The summed E-state index contributed by atoms with van der Waals surface area (Å²) in [7, 11) is 0. The number of halogens is 4. The lowest BCUT2D eigenvalue weighted by Crippen LogP contribution is -2.29. The largest absolute Gasteiger partial charge is 0.573 e. The third kappa shape index (κ3) is 6.91. The summed E-state index contributed by atoms with van der Waals surface area (Å²) in [6.45, 7) is 8.69. The quantitative estimate of drug-likeness (QED) is 0.216. The minimum Gasteiger partial charge on any atom is -0.490 e. The summed E-state index contributed by atoms with van der Waals surface area (Å²) in [5.74, 6) is -2.91. The Morgan fingerprint density at radius 3 is 2.57 bits per heavy atom. The molecule has 0 radical (unpaired) electrons. The van der Waals surface area contributed by atoms with Crippen LogP contribution in [0.1, 0.15) is 71.7 Å². The summed E-state index contributed by atoms with van der Waals surface area (Å²) in [6, 6.07) is 7.79. The van der Waals surface area contributed by atoms with E-state index in [9.17, 15) is 27.9 Å². The molecule has 2 N–H and O–H groups in total. The molecule has 10 nitrogen and oxygen atoms in total. The molecule has 0 aliphatic carbocycles. The van der Waals surface area contributed by atoms with Crippen molar-refractivity contribution in [1.82, 2.24) is 19.9 Å². The molecule has 0 saturated heterocycles. The number of rotatable bonds is 8. The van der Waals surface area contributed by atoms with E-state index >= 15 is 4.39 Å². The SMILES string of the molecule is Cc1nc2cc(C(=O)NCc3cccc(OC(F)(F)F)c3)nn2c(-c2cc(F)c3c(c2C)CCCO3)c1[C@H](OC(C)(C)C)C(=O)O. The molecule has 14 heteroatoms. The van der Waals surface area contributed by atoms with Crippen molar-refractivity contribution < 1.29 is 46.5 Å². The Morgan fingerprint density at radius 2 is 1.89 bits per heavy atom. The number of amides is 1. The molecule has 0 bridgehead atoms. The van der Waals surface area contributed by atoms with E-state index in [-0.39, 0.29) is 40.6 Å². The third-order valence-electron chi connectivity index (χ3n) is 7.30. The number of carbonyl (C=O) groups excluding carboxylic acids is 1. The van der Waals surface area contributed by atoms with Gasteiger partial charge in [-0.2, -0.15) is 5.10 Å². The van der Waals surface area contributed by atoms with E-state index in [0.29, 0.717) is 41.7 Å². The summed E-state index contributed by atoms with van der Waals surface area (Å²) >= 11 is 0. The Balaban J connectivity index is 1.62. The van der Waals surface area contributed by atoms with Crippen molar-refractivity contribution >= 4 is 17.5 Å². The zero-order valence-corrected chi connectivity index (χ0v) is 25.7. The summed E-state index contributed by atoms with van der Waals surface area (Å²) in [6.07, 6.45) is -5.20. The van der Waals surface area contributed by atoms with Crippen LogP contribution in [-0.4, -0.2) is 50.2 Å². The van der Waals surface area contributed by atoms with Gasteiger partial charge < -0.3 is 24.6 Å². The summed E-state index contributed by atoms with van der Waals surface area (Å²) < 4.78 is 70.3. The highest BCUT2D eigenvalue weighted by molar-refractivity contribution is 5.93. The number of ether oxygens (including phenoxy) is 3. The number of nitrogens with zero attached hydrogens (tertiary/aromatic N) is 3. The fraction of sp³-hybridized carbons (Fsp3) is 0.375. The molecule has 5 rings (SSSR count). The highest BCUT2D eigenvalue weighted by Crippen LogP contribution is 2.41. The Morgan fingerprint density at radius 1 is 1.15 bits per heavy atom. The molecular formula is C32H32F4N4O6. The summed E-state index contributed by atoms with van der Waals surface area (Å²) in [4.78, 5) is 30.4. The van der Waals surface area contributed by atoms with Gasteiger partial charge in [0.05, 0.1) is 17.9 Å². The van der Waals surface area contributed by atoms with E-state index < -0.39 is 41.5 Å². The van der Waals surface area contributed by atoms with Crippen molar-refractivity contribution in [3.63, 3.8) is 0 Å². The average molecular weight is 645 g/mol. The van der Waals surface area contributed by atoms with Crippen molar-refractivity contribution in [2.24, 2.45) is 0 Å². The summed E-state index contributed by atoms with van der Waals surface area (Å²) in [5, 5.41) is 17.4. The number of carboxylic acids is 1. The molecule has 244 valence electrons. The lowest BCUT2D eigenvalue weighted by Gasteiger charge is -2.28. The standard InChI is InChI=1S/C32H32F4N4O6/c1-16-20-10-7-11-44-27(20)22(33)13-21(16)26-25(28(30(42)43)46-31(3,4)5)17(2)38-24-14-23(39-40(24)26)29(41)37-15-18-8-6-9-19(12-18)45-32(34,35)36/h6,8-9,12-14,28H,7,10-11,15H2,1-5H3,(H,37,41)(H,42,43)/t28-/m0/s1. The zero-order valence-electron chi connectivity index (χ0n) is 25.7. The number of alkyl halides is 3. The first-order chi connectivity index (χ1) is 21.5. The number of benzene rings is 2. The summed E-state index contributed by atoms with van der Waals surface area (Å²) in [5.41, 5.74) is 1.68. The predicted molar refractivity (Wildman–Crippen MR) is 157 cm³/mol. The number of carbonyl (C=O) groups is 2. The Labute approximate surface area is 261 Å². The zero-order chi connectivity index (χ0) is 33.6. The number of aliphatic carboxylic acids is 1. The van der Waals surface area contributed by atoms with Crippen LogP contribution in [0.15, 0.2) is 36.4 Å². The Bertz CT molecular complexity index is 1830. The lowest BCUT2D eigenvalue weighted by atomic mass is 9.91. The highest BCUT2D eigenvalue weighted by Gasteiger charge is 2.35. The highest BCUT2D eigenvalue weighted by atomic mass is 19.4. The van der Waals surface area contributed by atoms with Crippen LogP contribution in [0.25, 0.3) is 16.9 Å². The maximum absolute atomic E-state index is 15.5. The molecule has 1 aliphatic rings. The Hall–Kier alpha value is -4.72. The second-order valence-electron chi connectivity index (χ2n) is 11.9. The first kappa shape index (κ1) is 32.7. The number of hydrogen-bond donors (Lipinski definition) is 2. The van der Waals surface area contributed by atoms with Crippen molar-refractivity contribution in [2.45, 2.75) is 72.1 Å². The molecule has 4 aromatic rings. The molecule has 2 aromatic carbocycles. The van der Waals surface area contributed by atoms with Gasteiger partial charge in [0.15, 0.2) is 29.0 Å². The van der Waals surface area contributed by atoms with Gasteiger partial charge in [-0.1, -0.05) is 12.1 Å². The molecular weight excluding hydrogens is 612 g/mol. The van der Waals surface area contributed by atoms with Crippen molar-refractivity contribution in [3.05, 3.63) is 75.9 Å². The van der Waals surface area contributed by atoms with Crippen LogP contribution < -0.4 is 14.8 Å². The number of carboxylic acid groups (broad SMARTS) is 1. The van der Waals surface area contributed by atoms with Gasteiger partial charge in [-0.3, -0.25) is 4.79 Å². The van der Waals surface area contributed by atoms with E-state index in [1.54, 1.807) is 34.6 Å². The van der Waals surface area contributed by atoms with E-state index in [0.717, 1.165) is 12.1 Å². The van der Waals surface area contributed by atoms with Crippen LogP contribution >= 0.6 is 0 Å². The molecule has 1 aliphatic heterocycles. The van der Waals surface area contributed by atoms with Crippen LogP contribution in [0.4, 0.5) is 17.6 Å². The molecule has 0 spiro atoms. The van der Waals surface area contributed by atoms with Gasteiger partial charge in [-0.15, -0.1) is 13.2 Å². The van der Waals surface area contributed by atoms with E-state index in [1.807, 2.05) is 0 Å². The molecule has 3 heterocycles. The van der Waals surface area contributed by atoms with Gasteiger partial charge in [-0.25, -0.2) is 18.7 Å². The number of fused-ring (bicyclic) bond motifs is 2. The number of nitrogens with one attached hydrogen (secondary N) is 1. The second kappa shape index (κ2) is 12.2. The molecule has 0 saturated carbocycles. The first-order valence-corrected chi connectivity index (χ1v) is 14.4. The topological polar surface area (TPSA) is 124 Å². The average Bonchev–Trinajstić information content (AvgIpc) is 3.38. The molecule has 1 amide bonds. The molecule has 0 unspecified atom stereocenters. The minimum absolute atomic E-state index is 0.115. The Kier molecular flexibility index (Phi) is 8.69. The maximum Gasteiger partial charge on any atom is 0.573 e. The number of aryl methyl sites for hydroxylation is 1. The van der Waals surface area contributed by atoms with Gasteiger partial charge in [0, 0.05) is 35.0 Å². The van der Waals surface area contributed by atoms with Gasteiger partial charge in [0.25, 0.3) is 5.91 Å². The van der Waals surface area contributed by atoms with Crippen LogP contribution in [0.2, 0.25) is 0 Å². The first-order valence-electron chi connectivity index (χ1n) is 14.4. The van der Waals surface area contributed by atoms with E-state index in [4.69, 9.17) is 9.47 Å². The monoisotopic (exact) mass is 644 g/mol. The van der Waals surface area contributed by atoms with Gasteiger partial charge >= 0.3 is 12.3 Å². The minimum atomic E-state index is -4.87. The van der Waals surface area contributed by atoms with Crippen LogP contribution in [-0.2, 0) is 22.5 Å². The third-order valence-corrected chi connectivity index (χ3v) is 7.30. The van der Waals surface area contributed by atoms with Gasteiger partial charge in [0.1, 0.15) is 5.75 Å². The van der Waals surface area contributed by atoms with E-state index in [1.165, 1.54) is 28.8 Å². The van der Waals surface area contributed by atoms with Crippen LogP contribution in [0.3, 0.4) is 0 Å². The normalized spacial score (nSPS) is 14.0. The molecule has 2 aromatic heterocycles. The molecule has 46 heavy (non-hydrogen) atoms. The molecule has 0 fully saturated rings. The van der Waals surface area contributed by atoms with Crippen molar-refractivity contribution in [3.8, 4) is 22.8 Å². The fourth-order valence-corrected chi connectivity index (χ4v) is 5.43. The maximum atomic E-state index is 15.5. The number of hydrogen-bond acceptors (Lipinski definition) is 7. The second-order valence-corrected chi connectivity index (χ2v) is 11.9. The predicted octanol–water partition coefficient (Wildman–Crippen LogP) is 6.25. The van der Waals surface area contributed by atoms with Crippen LogP contribution in [0.5, 0.6) is 11.5 Å². The fourth-order valence-electron chi connectivity index (χ4n) is 5.43. The van der Waals surface area contributed by atoms with Crippen molar-refractivity contribution in [2.75, 3.05) is 6.61 Å². The lowest BCUT2D eigenvalue weighted by molar-refractivity contribution is -0.274.